The summed E-state index contributed by atoms with van der Waals surface area (Å²) < 4.78 is 2.27. The highest BCUT2D eigenvalue weighted by atomic mass is 15.2. The van der Waals surface area contributed by atoms with E-state index in [2.05, 4.69) is 32.9 Å². The van der Waals surface area contributed by atoms with E-state index in [0.717, 1.165) is 44.7 Å². The molecule has 1 aromatic rings. The van der Waals surface area contributed by atoms with E-state index in [9.17, 15) is 0 Å². The number of hydrogen-bond acceptors (Lipinski definition) is 3. The van der Waals surface area contributed by atoms with Gasteiger partial charge in [-0.25, -0.2) is 4.98 Å². The van der Waals surface area contributed by atoms with Gasteiger partial charge >= 0.3 is 0 Å². The zero-order valence-electron chi connectivity index (χ0n) is 12.0. The first-order chi connectivity index (χ1) is 9.31. The van der Waals surface area contributed by atoms with Gasteiger partial charge in [0.1, 0.15) is 5.82 Å². The number of fused-ring (bicyclic) bond motifs is 1. The van der Waals surface area contributed by atoms with Crippen LogP contribution in [0.1, 0.15) is 38.4 Å². The molecule has 0 amide bonds. The van der Waals surface area contributed by atoms with Crippen molar-refractivity contribution in [2.75, 3.05) is 19.6 Å². The number of nitrogens with one attached hydrogen (secondary N) is 1. The van der Waals surface area contributed by atoms with E-state index in [4.69, 9.17) is 0 Å². The Kier molecular flexibility index (Phi) is 4.18. The van der Waals surface area contributed by atoms with E-state index >= 15 is 0 Å². The van der Waals surface area contributed by atoms with Crippen molar-refractivity contribution in [1.82, 2.24) is 19.8 Å². The van der Waals surface area contributed by atoms with Crippen molar-refractivity contribution in [2.45, 2.75) is 51.7 Å². The Morgan fingerprint density at radius 2 is 2.32 bits per heavy atom. The van der Waals surface area contributed by atoms with Crippen LogP contribution in [0.4, 0.5) is 0 Å². The van der Waals surface area contributed by atoms with Crippen molar-refractivity contribution >= 4 is 0 Å². The lowest BCUT2D eigenvalue weighted by Gasteiger charge is -2.30. The van der Waals surface area contributed by atoms with Crippen LogP contribution in [-0.2, 0) is 13.1 Å². The van der Waals surface area contributed by atoms with Gasteiger partial charge in [0.2, 0.25) is 0 Å². The SMILES string of the molecule is CC1CCCC(NCCN2CCn3ccnc3C2)C1. The minimum atomic E-state index is 0.760. The van der Waals surface area contributed by atoms with Gasteiger partial charge in [0.05, 0.1) is 6.54 Å². The monoisotopic (exact) mass is 262 g/mol. The molecule has 1 fully saturated rings. The third kappa shape index (κ3) is 3.37. The van der Waals surface area contributed by atoms with E-state index in [1.165, 1.54) is 31.5 Å². The number of rotatable bonds is 4. The lowest BCUT2D eigenvalue weighted by atomic mass is 9.87. The fourth-order valence-corrected chi connectivity index (χ4v) is 3.46. The standard InChI is InChI=1S/C15H26N4/c1-13-3-2-4-14(11-13)16-5-7-18-9-10-19-8-6-17-15(19)12-18/h6,8,13-14,16H,2-5,7,9-12H2,1H3. The van der Waals surface area contributed by atoms with E-state index in [1.54, 1.807) is 0 Å². The summed E-state index contributed by atoms with van der Waals surface area (Å²) in [5, 5.41) is 3.75. The Bertz CT molecular complexity index is 401. The molecular weight excluding hydrogens is 236 g/mol. The summed E-state index contributed by atoms with van der Waals surface area (Å²) in [5.74, 6) is 2.13. The first-order valence-electron chi connectivity index (χ1n) is 7.77. The quantitative estimate of drug-likeness (QED) is 0.899. The normalized spacial score (nSPS) is 28.3. The van der Waals surface area contributed by atoms with Crippen LogP contribution < -0.4 is 5.32 Å². The Morgan fingerprint density at radius 1 is 1.37 bits per heavy atom. The summed E-state index contributed by atoms with van der Waals surface area (Å²) in [5.41, 5.74) is 0. The average molecular weight is 262 g/mol. The van der Waals surface area contributed by atoms with Gasteiger partial charge in [-0.1, -0.05) is 19.8 Å². The molecule has 0 bridgehead atoms. The fraction of sp³-hybridized carbons (Fsp3) is 0.800. The van der Waals surface area contributed by atoms with Gasteiger partial charge in [0, 0.05) is 44.6 Å². The molecule has 1 aromatic heterocycles. The predicted octanol–water partition coefficient (Wildman–Crippen LogP) is 1.87. The smallest absolute Gasteiger partial charge is 0.122 e. The van der Waals surface area contributed by atoms with Crippen LogP contribution in [0.3, 0.4) is 0 Å². The van der Waals surface area contributed by atoms with Gasteiger partial charge in [-0.2, -0.15) is 0 Å². The topological polar surface area (TPSA) is 33.1 Å². The summed E-state index contributed by atoms with van der Waals surface area (Å²) in [7, 11) is 0. The molecular formula is C15H26N4. The summed E-state index contributed by atoms with van der Waals surface area (Å²) >= 11 is 0. The molecule has 19 heavy (non-hydrogen) atoms. The molecule has 1 aliphatic heterocycles. The van der Waals surface area contributed by atoms with Crippen LogP contribution in [0.2, 0.25) is 0 Å². The third-order valence-electron chi connectivity index (χ3n) is 4.62. The van der Waals surface area contributed by atoms with Crippen molar-refractivity contribution < 1.29 is 0 Å². The molecule has 1 saturated carbocycles. The maximum Gasteiger partial charge on any atom is 0.122 e. The van der Waals surface area contributed by atoms with Gasteiger partial charge in [0.15, 0.2) is 0 Å². The summed E-state index contributed by atoms with van der Waals surface area (Å²) in [6, 6.07) is 0.760. The van der Waals surface area contributed by atoms with E-state index in [0.29, 0.717) is 0 Å². The van der Waals surface area contributed by atoms with Crippen LogP contribution in [0.15, 0.2) is 12.4 Å². The van der Waals surface area contributed by atoms with Crippen LogP contribution in [0.25, 0.3) is 0 Å². The zero-order chi connectivity index (χ0) is 13.1. The third-order valence-corrected chi connectivity index (χ3v) is 4.62. The molecule has 2 atom stereocenters. The molecule has 3 rings (SSSR count). The second-order valence-corrected chi connectivity index (χ2v) is 6.24. The largest absolute Gasteiger partial charge is 0.333 e. The first kappa shape index (κ1) is 13.1. The molecule has 4 heteroatoms. The van der Waals surface area contributed by atoms with Gasteiger partial charge in [0.25, 0.3) is 0 Å². The molecule has 2 heterocycles. The first-order valence-corrected chi connectivity index (χ1v) is 7.77. The highest BCUT2D eigenvalue weighted by Gasteiger charge is 2.19. The van der Waals surface area contributed by atoms with Gasteiger partial charge in [-0.15, -0.1) is 0 Å². The summed E-state index contributed by atoms with van der Waals surface area (Å²) in [6.07, 6.45) is 9.57. The van der Waals surface area contributed by atoms with Crippen molar-refractivity contribution in [1.29, 1.82) is 0 Å². The highest BCUT2D eigenvalue weighted by Crippen LogP contribution is 2.23. The fourth-order valence-electron chi connectivity index (χ4n) is 3.46. The Labute approximate surface area is 116 Å². The average Bonchev–Trinajstić information content (AvgIpc) is 2.86. The Morgan fingerprint density at radius 3 is 3.21 bits per heavy atom. The lowest BCUT2D eigenvalue weighted by Crippen LogP contribution is -2.41. The second-order valence-electron chi connectivity index (χ2n) is 6.24. The minimum Gasteiger partial charge on any atom is -0.333 e. The van der Waals surface area contributed by atoms with E-state index in [-0.39, 0.29) is 0 Å². The molecule has 0 aromatic carbocycles. The molecule has 1 aliphatic carbocycles. The Balaban J connectivity index is 1.39. The van der Waals surface area contributed by atoms with Gasteiger partial charge in [-0.05, 0) is 18.8 Å². The number of nitrogens with zero attached hydrogens (tertiary/aromatic N) is 3. The maximum atomic E-state index is 4.42. The minimum absolute atomic E-state index is 0.760. The summed E-state index contributed by atoms with van der Waals surface area (Å²) in [4.78, 5) is 6.93. The van der Waals surface area contributed by atoms with Crippen molar-refractivity contribution in [3.63, 3.8) is 0 Å². The van der Waals surface area contributed by atoms with Crippen LogP contribution in [-0.4, -0.2) is 40.1 Å². The summed E-state index contributed by atoms with van der Waals surface area (Å²) in [6.45, 7) is 7.92. The molecule has 0 saturated heterocycles. The predicted molar refractivity (Wildman–Crippen MR) is 76.9 cm³/mol. The lowest BCUT2D eigenvalue weighted by molar-refractivity contribution is 0.208. The second kappa shape index (κ2) is 6.06. The van der Waals surface area contributed by atoms with Crippen LogP contribution in [0, 0.1) is 5.92 Å². The van der Waals surface area contributed by atoms with Gasteiger partial charge < -0.3 is 9.88 Å². The van der Waals surface area contributed by atoms with E-state index < -0.39 is 0 Å². The van der Waals surface area contributed by atoms with Crippen LogP contribution in [0.5, 0.6) is 0 Å². The van der Waals surface area contributed by atoms with Crippen LogP contribution >= 0.6 is 0 Å². The molecule has 2 unspecified atom stereocenters. The number of hydrogen-bond donors (Lipinski definition) is 1. The molecule has 0 spiro atoms. The van der Waals surface area contributed by atoms with Gasteiger partial charge in [-0.3, -0.25) is 4.90 Å². The van der Waals surface area contributed by atoms with Crippen molar-refractivity contribution in [3.05, 3.63) is 18.2 Å². The molecule has 2 aliphatic rings. The molecule has 4 nitrogen and oxygen atoms in total. The highest BCUT2D eigenvalue weighted by molar-refractivity contribution is 4.95. The van der Waals surface area contributed by atoms with Crippen molar-refractivity contribution in [2.24, 2.45) is 5.92 Å². The Hall–Kier alpha value is -0.870. The zero-order valence-corrected chi connectivity index (χ0v) is 12.0. The van der Waals surface area contributed by atoms with E-state index in [1.807, 2.05) is 6.20 Å². The maximum absolute atomic E-state index is 4.42. The van der Waals surface area contributed by atoms with Crippen molar-refractivity contribution in [3.8, 4) is 0 Å². The molecule has 1 N–H and O–H groups in total. The number of imidazole rings is 1. The number of aromatic nitrogens is 2. The molecule has 106 valence electrons. The molecule has 0 radical (unpaired) electrons.